The quantitative estimate of drug-likeness (QED) is 0.572. The van der Waals surface area contributed by atoms with Crippen LogP contribution in [0.25, 0.3) is 5.65 Å². The van der Waals surface area contributed by atoms with Gasteiger partial charge in [0.1, 0.15) is 22.0 Å². The largest absolute Gasteiger partial charge is 0.455 e. The van der Waals surface area contributed by atoms with Gasteiger partial charge in [0.15, 0.2) is 0 Å². The number of esters is 1. The van der Waals surface area contributed by atoms with Crippen LogP contribution in [0.3, 0.4) is 0 Å². The third-order valence-corrected chi connectivity index (χ3v) is 7.67. The Morgan fingerprint density at radius 1 is 1.24 bits per heavy atom. The molecule has 0 radical (unpaired) electrons. The topological polar surface area (TPSA) is 98.0 Å². The minimum Gasteiger partial charge on any atom is -0.455 e. The van der Waals surface area contributed by atoms with E-state index in [0.717, 1.165) is 29.7 Å². The SMILES string of the molecule is Cc1ccc2nc(COC(=O)c3sccc3S(=O)(=O)N3CCCC3)cc(=O)n2c1. The normalized spacial score (nSPS) is 15.1. The monoisotopic (exact) mass is 433 g/mol. The van der Waals surface area contributed by atoms with Crippen molar-refractivity contribution >= 4 is 33.0 Å². The van der Waals surface area contributed by atoms with Crippen molar-refractivity contribution in [2.75, 3.05) is 13.1 Å². The molecule has 1 fully saturated rings. The molecule has 29 heavy (non-hydrogen) atoms. The molecule has 0 spiro atoms. The van der Waals surface area contributed by atoms with Gasteiger partial charge in [-0.3, -0.25) is 9.20 Å². The molecule has 0 atom stereocenters. The van der Waals surface area contributed by atoms with E-state index in [0.29, 0.717) is 24.4 Å². The molecule has 8 nitrogen and oxygen atoms in total. The summed E-state index contributed by atoms with van der Waals surface area (Å²) in [5, 5.41) is 1.56. The van der Waals surface area contributed by atoms with Gasteiger partial charge < -0.3 is 4.74 Å². The number of aryl methyl sites for hydroxylation is 1. The van der Waals surface area contributed by atoms with Gasteiger partial charge in [0.25, 0.3) is 5.56 Å². The maximum absolute atomic E-state index is 12.8. The molecule has 3 aromatic rings. The van der Waals surface area contributed by atoms with Crippen molar-refractivity contribution in [3.05, 3.63) is 62.3 Å². The number of pyridine rings is 1. The highest BCUT2D eigenvalue weighted by atomic mass is 32.2. The van der Waals surface area contributed by atoms with Crippen molar-refractivity contribution in [1.29, 1.82) is 0 Å². The number of hydrogen-bond donors (Lipinski definition) is 0. The Balaban J connectivity index is 1.54. The summed E-state index contributed by atoms with van der Waals surface area (Å²) >= 11 is 1.02. The van der Waals surface area contributed by atoms with Crippen LogP contribution in [-0.2, 0) is 21.4 Å². The fourth-order valence-corrected chi connectivity index (χ4v) is 6.05. The first-order valence-corrected chi connectivity index (χ1v) is 11.4. The van der Waals surface area contributed by atoms with Crippen molar-refractivity contribution in [3.63, 3.8) is 0 Å². The number of hydrogen-bond acceptors (Lipinski definition) is 7. The minimum absolute atomic E-state index is 0.0311. The number of carbonyl (C=O) groups is 1. The lowest BCUT2D eigenvalue weighted by molar-refractivity contribution is 0.0469. The summed E-state index contributed by atoms with van der Waals surface area (Å²) in [5.74, 6) is -0.747. The zero-order valence-corrected chi connectivity index (χ0v) is 17.3. The molecule has 10 heteroatoms. The molecule has 1 aliphatic heterocycles. The second-order valence-corrected chi connectivity index (χ2v) is 9.64. The Hall–Kier alpha value is -2.56. The van der Waals surface area contributed by atoms with Crippen molar-refractivity contribution in [2.24, 2.45) is 0 Å². The molecule has 0 unspecified atom stereocenters. The summed E-state index contributed by atoms with van der Waals surface area (Å²) in [6.07, 6.45) is 3.30. The summed E-state index contributed by atoms with van der Waals surface area (Å²) in [5.41, 5.74) is 1.39. The summed E-state index contributed by atoms with van der Waals surface area (Å²) in [6, 6.07) is 6.27. The summed E-state index contributed by atoms with van der Waals surface area (Å²) in [4.78, 5) is 29.1. The van der Waals surface area contributed by atoms with E-state index in [9.17, 15) is 18.0 Å². The highest BCUT2D eigenvalue weighted by Gasteiger charge is 2.32. The van der Waals surface area contributed by atoms with Crippen LogP contribution in [0.15, 0.2) is 45.5 Å². The number of aromatic nitrogens is 2. The maximum Gasteiger partial charge on any atom is 0.350 e. The van der Waals surface area contributed by atoms with Crippen LogP contribution in [0.4, 0.5) is 0 Å². The van der Waals surface area contributed by atoms with Gasteiger partial charge in [0, 0.05) is 25.4 Å². The number of rotatable bonds is 5. The predicted molar refractivity (Wildman–Crippen MR) is 108 cm³/mol. The Bertz CT molecular complexity index is 1240. The zero-order valence-electron chi connectivity index (χ0n) is 15.7. The molecular formula is C19H19N3O5S2. The molecule has 4 rings (SSSR count). The van der Waals surface area contributed by atoms with Gasteiger partial charge in [-0.05, 0) is 42.8 Å². The number of sulfonamides is 1. The first-order valence-electron chi connectivity index (χ1n) is 9.10. The van der Waals surface area contributed by atoms with E-state index in [4.69, 9.17) is 4.74 Å². The highest BCUT2D eigenvalue weighted by Crippen LogP contribution is 2.28. The Morgan fingerprint density at radius 2 is 2.00 bits per heavy atom. The van der Waals surface area contributed by atoms with Crippen molar-refractivity contribution in [3.8, 4) is 0 Å². The molecular weight excluding hydrogens is 414 g/mol. The van der Waals surface area contributed by atoms with Crippen molar-refractivity contribution in [2.45, 2.75) is 31.3 Å². The van der Waals surface area contributed by atoms with Crippen LogP contribution in [0.2, 0.25) is 0 Å². The first kappa shape index (κ1) is 19.7. The molecule has 0 aliphatic carbocycles. The van der Waals surface area contributed by atoms with Gasteiger partial charge in [-0.1, -0.05) is 6.07 Å². The summed E-state index contributed by atoms with van der Waals surface area (Å²) in [7, 11) is -3.72. The average molecular weight is 434 g/mol. The van der Waals surface area contributed by atoms with Gasteiger partial charge in [0.05, 0.1) is 5.69 Å². The van der Waals surface area contributed by atoms with E-state index in [1.165, 1.54) is 20.8 Å². The number of carbonyl (C=O) groups excluding carboxylic acids is 1. The zero-order chi connectivity index (χ0) is 20.6. The molecule has 0 aromatic carbocycles. The average Bonchev–Trinajstić information content (AvgIpc) is 3.39. The first-order chi connectivity index (χ1) is 13.9. The maximum atomic E-state index is 12.8. The molecule has 4 heterocycles. The molecule has 1 saturated heterocycles. The highest BCUT2D eigenvalue weighted by molar-refractivity contribution is 7.89. The number of ether oxygens (including phenoxy) is 1. The van der Waals surface area contributed by atoms with Crippen LogP contribution >= 0.6 is 11.3 Å². The smallest absolute Gasteiger partial charge is 0.350 e. The van der Waals surface area contributed by atoms with Crippen LogP contribution < -0.4 is 5.56 Å². The van der Waals surface area contributed by atoms with E-state index < -0.39 is 16.0 Å². The van der Waals surface area contributed by atoms with E-state index in [2.05, 4.69) is 4.98 Å². The van der Waals surface area contributed by atoms with Gasteiger partial charge in [-0.2, -0.15) is 4.31 Å². The van der Waals surface area contributed by atoms with Crippen molar-refractivity contribution in [1.82, 2.24) is 13.7 Å². The molecule has 0 bridgehead atoms. The summed E-state index contributed by atoms with van der Waals surface area (Å²) < 4.78 is 33.6. The van der Waals surface area contributed by atoms with Gasteiger partial charge in [-0.15, -0.1) is 11.3 Å². The molecule has 0 amide bonds. The van der Waals surface area contributed by atoms with Gasteiger partial charge in [0.2, 0.25) is 10.0 Å². The fourth-order valence-electron chi connectivity index (χ4n) is 3.25. The van der Waals surface area contributed by atoms with E-state index >= 15 is 0 Å². The lowest BCUT2D eigenvalue weighted by Gasteiger charge is -2.15. The minimum atomic E-state index is -3.72. The number of fused-ring (bicyclic) bond motifs is 1. The molecule has 0 saturated carbocycles. The lowest BCUT2D eigenvalue weighted by Crippen LogP contribution is -2.28. The van der Waals surface area contributed by atoms with E-state index in [1.807, 2.05) is 13.0 Å². The number of nitrogens with zero attached hydrogens (tertiary/aromatic N) is 3. The molecule has 0 N–H and O–H groups in total. The predicted octanol–water partition coefficient (Wildman–Crippen LogP) is 2.21. The van der Waals surface area contributed by atoms with Crippen molar-refractivity contribution < 1.29 is 17.9 Å². The Labute approximate surface area is 171 Å². The van der Waals surface area contributed by atoms with Gasteiger partial charge >= 0.3 is 5.97 Å². The van der Waals surface area contributed by atoms with Crippen LogP contribution in [0.1, 0.15) is 33.8 Å². The van der Waals surface area contributed by atoms with E-state index in [1.54, 1.807) is 17.6 Å². The van der Waals surface area contributed by atoms with E-state index in [-0.39, 0.29) is 21.9 Å². The Kier molecular flexibility index (Phi) is 5.24. The van der Waals surface area contributed by atoms with Crippen LogP contribution in [0, 0.1) is 6.92 Å². The lowest BCUT2D eigenvalue weighted by atomic mass is 10.3. The summed E-state index contributed by atoms with van der Waals surface area (Å²) in [6.45, 7) is 2.56. The molecule has 3 aromatic heterocycles. The second kappa shape index (κ2) is 7.69. The van der Waals surface area contributed by atoms with Crippen LogP contribution in [0.5, 0.6) is 0 Å². The third kappa shape index (κ3) is 3.83. The molecule has 1 aliphatic rings. The third-order valence-electron chi connectivity index (χ3n) is 4.71. The van der Waals surface area contributed by atoms with Gasteiger partial charge in [-0.25, -0.2) is 18.2 Å². The number of thiophene rings is 1. The second-order valence-electron chi connectivity index (χ2n) is 6.82. The van der Waals surface area contributed by atoms with Crippen LogP contribution in [-0.4, -0.2) is 41.2 Å². The molecule has 152 valence electrons. The standard InChI is InChI=1S/C19H19N3O5S2/c1-13-4-5-16-20-14(10-17(23)22(16)11-13)12-27-19(24)18-15(6-9-28-18)29(25,26)21-7-2-3-8-21/h4-6,9-11H,2-3,7-8,12H2,1H3. The Morgan fingerprint density at radius 3 is 2.76 bits per heavy atom. The fraction of sp³-hybridized carbons (Fsp3) is 0.316.